The second-order valence-electron chi connectivity index (χ2n) is 7.83. The molecular formula is C23H19F3N2O2. The topological polar surface area (TPSA) is 53.4 Å². The minimum Gasteiger partial charge on any atom is -0.386 e. The summed E-state index contributed by atoms with van der Waals surface area (Å²) in [5.41, 5.74) is -0.0958. The largest absolute Gasteiger partial charge is 0.386 e. The number of aliphatic hydroxyl groups is 1. The molecule has 1 aromatic heterocycles. The Morgan fingerprint density at radius 2 is 1.70 bits per heavy atom. The lowest BCUT2D eigenvalue weighted by Crippen LogP contribution is -2.24. The molecule has 0 unspecified atom stereocenters. The summed E-state index contributed by atoms with van der Waals surface area (Å²) >= 11 is 0. The van der Waals surface area contributed by atoms with Crippen molar-refractivity contribution in [3.05, 3.63) is 88.5 Å². The zero-order valence-electron chi connectivity index (χ0n) is 16.4. The molecule has 0 atom stereocenters. The molecule has 3 aromatic rings. The van der Waals surface area contributed by atoms with Crippen LogP contribution in [-0.4, -0.2) is 20.9 Å². The Hall–Kier alpha value is -3.19. The van der Waals surface area contributed by atoms with Gasteiger partial charge in [-0.3, -0.25) is 9.78 Å². The maximum atomic E-state index is 14.7. The van der Waals surface area contributed by atoms with Crippen molar-refractivity contribution in [2.45, 2.75) is 32.5 Å². The molecule has 0 spiro atoms. The van der Waals surface area contributed by atoms with Crippen molar-refractivity contribution in [3.63, 3.8) is 0 Å². The van der Waals surface area contributed by atoms with Crippen LogP contribution in [0, 0.1) is 17.5 Å². The highest BCUT2D eigenvalue weighted by atomic mass is 19.1. The summed E-state index contributed by atoms with van der Waals surface area (Å²) in [5, 5.41) is 9.98. The van der Waals surface area contributed by atoms with Crippen LogP contribution in [0.25, 0.3) is 11.1 Å². The molecular weight excluding hydrogens is 393 g/mol. The molecule has 154 valence electrons. The van der Waals surface area contributed by atoms with E-state index in [-0.39, 0.29) is 41.3 Å². The van der Waals surface area contributed by atoms with Gasteiger partial charge in [-0.25, -0.2) is 13.2 Å². The molecule has 0 saturated carbocycles. The van der Waals surface area contributed by atoms with Crippen LogP contribution >= 0.6 is 0 Å². The zero-order chi connectivity index (χ0) is 21.6. The summed E-state index contributed by atoms with van der Waals surface area (Å²) in [6.45, 7) is 2.84. The third-order valence-corrected chi connectivity index (χ3v) is 5.20. The Balaban J connectivity index is 1.62. The van der Waals surface area contributed by atoms with Gasteiger partial charge in [-0.1, -0.05) is 12.1 Å². The fraction of sp³-hybridized carbons (Fsp3) is 0.217. The summed E-state index contributed by atoms with van der Waals surface area (Å²) in [5.74, 6) is -2.65. The van der Waals surface area contributed by atoms with Gasteiger partial charge >= 0.3 is 0 Å². The van der Waals surface area contributed by atoms with Crippen molar-refractivity contribution in [1.29, 1.82) is 0 Å². The molecule has 1 amide bonds. The Bertz CT molecular complexity index is 1130. The van der Waals surface area contributed by atoms with Crippen LogP contribution in [0.1, 0.15) is 41.0 Å². The highest BCUT2D eigenvalue weighted by molar-refractivity contribution is 5.97. The van der Waals surface area contributed by atoms with E-state index in [0.29, 0.717) is 11.3 Å². The number of fused-ring (bicyclic) bond motifs is 1. The average molecular weight is 412 g/mol. The number of rotatable bonds is 4. The van der Waals surface area contributed by atoms with Crippen LogP contribution in [-0.2, 0) is 18.7 Å². The lowest BCUT2D eigenvalue weighted by Gasteiger charge is -2.19. The molecule has 7 heteroatoms. The van der Waals surface area contributed by atoms with Crippen LogP contribution in [0.15, 0.2) is 48.7 Å². The van der Waals surface area contributed by atoms with Gasteiger partial charge in [0.1, 0.15) is 17.5 Å². The van der Waals surface area contributed by atoms with E-state index in [4.69, 9.17) is 0 Å². The average Bonchev–Trinajstić information content (AvgIpc) is 2.99. The molecule has 1 aliphatic heterocycles. The normalized spacial score (nSPS) is 13.7. The number of aromatic nitrogens is 1. The van der Waals surface area contributed by atoms with Crippen molar-refractivity contribution >= 4 is 5.91 Å². The summed E-state index contributed by atoms with van der Waals surface area (Å²) in [6, 6.07) is 9.52. The first kappa shape index (κ1) is 20.1. The third-order valence-electron chi connectivity index (χ3n) is 5.20. The van der Waals surface area contributed by atoms with Crippen LogP contribution in [0.3, 0.4) is 0 Å². The van der Waals surface area contributed by atoms with Crippen molar-refractivity contribution < 1.29 is 23.1 Å². The maximum Gasteiger partial charge on any atom is 0.256 e. The van der Waals surface area contributed by atoms with Gasteiger partial charge < -0.3 is 10.0 Å². The number of carbonyl (C=O) groups excluding carboxylic acids is 1. The molecule has 4 nitrogen and oxygen atoms in total. The summed E-state index contributed by atoms with van der Waals surface area (Å²) in [4.78, 5) is 17.9. The first-order chi connectivity index (χ1) is 14.1. The molecule has 1 N–H and O–H groups in total. The van der Waals surface area contributed by atoms with Gasteiger partial charge in [-0.05, 0) is 55.3 Å². The first-order valence-corrected chi connectivity index (χ1v) is 9.39. The van der Waals surface area contributed by atoms with E-state index >= 15 is 0 Å². The Kier molecular flexibility index (Phi) is 4.86. The number of pyridine rings is 1. The second-order valence-corrected chi connectivity index (χ2v) is 7.83. The molecule has 0 saturated heterocycles. The zero-order valence-corrected chi connectivity index (χ0v) is 16.4. The number of benzene rings is 2. The number of hydrogen-bond donors (Lipinski definition) is 1. The fourth-order valence-corrected chi connectivity index (χ4v) is 3.61. The highest BCUT2D eigenvalue weighted by Gasteiger charge is 2.29. The van der Waals surface area contributed by atoms with Gasteiger partial charge in [0, 0.05) is 17.3 Å². The van der Waals surface area contributed by atoms with Gasteiger partial charge in [0.05, 0.1) is 29.9 Å². The predicted octanol–water partition coefficient (Wildman–Crippen LogP) is 4.55. The highest BCUT2D eigenvalue weighted by Crippen LogP contribution is 2.31. The monoisotopic (exact) mass is 412 g/mol. The Labute approximate surface area is 171 Å². The van der Waals surface area contributed by atoms with Gasteiger partial charge in [0.25, 0.3) is 5.91 Å². The fourth-order valence-electron chi connectivity index (χ4n) is 3.61. The van der Waals surface area contributed by atoms with Crippen molar-refractivity contribution in [2.75, 3.05) is 0 Å². The molecule has 0 fully saturated rings. The number of carbonyl (C=O) groups is 1. The number of amides is 1. The van der Waals surface area contributed by atoms with E-state index in [1.807, 2.05) is 0 Å². The van der Waals surface area contributed by atoms with E-state index in [1.54, 1.807) is 18.3 Å². The SMILES string of the molecule is CC(C)(O)c1ccc(-c2cc(F)c(CN3Cc4ncccc4C3=O)c(F)c2)cc1F. The Morgan fingerprint density at radius 1 is 1.03 bits per heavy atom. The molecule has 2 heterocycles. The van der Waals surface area contributed by atoms with Gasteiger partial charge in [-0.2, -0.15) is 0 Å². The number of halogens is 3. The van der Waals surface area contributed by atoms with Crippen molar-refractivity contribution in [3.8, 4) is 11.1 Å². The molecule has 0 aliphatic carbocycles. The summed E-state index contributed by atoms with van der Waals surface area (Å²) in [7, 11) is 0. The molecule has 1 aliphatic rings. The Morgan fingerprint density at radius 3 is 2.30 bits per heavy atom. The van der Waals surface area contributed by atoms with E-state index < -0.39 is 23.1 Å². The van der Waals surface area contributed by atoms with Crippen LogP contribution < -0.4 is 0 Å². The van der Waals surface area contributed by atoms with Gasteiger partial charge in [0.15, 0.2) is 0 Å². The smallest absolute Gasteiger partial charge is 0.256 e. The first-order valence-electron chi connectivity index (χ1n) is 9.39. The lowest BCUT2D eigenvalue weighted by atomic mass is 9.94. The molecule has 2 aromatic carbocycles. The van der Waals surface area contributed by atoms with Gasteiger partial charge in [0.2, 0.25) is 0 Å². The number of hydrogen-bond acceptors (Lipinski definition) is 3. The standard InChI is InChI=1S/C23H19F3N2O2/c1-23(2,30)17-6-5-13(8-20(17)26)14-9-18(24)16(19(25)10-14)11-28-12-21-15(22(28)29)4-3-7-27-21/h3-10,30H,11-12H2,1-2H3. The van der Waals surface area contributed by atoms with Crippen LogP contribution in [0.5, 0.6) is 0 Å². The minimum atomic E-state index is -1.38. The summed E-state index contributed by atoms with van der Waals surface area (Å²) < 4.78 is 43.9. The minimum absolute atomic E-state index is 0.0875. The molecule has 30 heavy (non-hydrogen) atoms. The predicted molar refractivity (Wildman–Crippen MR) is 105 cm³/mol. The molecule has 0 bridgehead atoms. The van der Waals surface area contributed by atoms with Crippen molar-refractivity contribution in [1.82, 2.24) is 9.88 Å². The van der Waals surface area contributed by atoms with Gasteiger partial charge in [-0.15, -0.1) is 0 Å². The van der Waals surface area contributed by atoms with Crippen LogP contribution in [0.4, 0.5) is 13.2 Å². The molecule has 0 radical (unpaired) electrons. The second kappa shape index (κ2) is 7.25. The lowest BCUT2D eigenvalue weighted by molar-refractivity contribution is 0.0743. The summed E-state index contributed by atoms with van der Waals surface area (Å²) in [6.07, 6.45) is 1.56. The van der Waals surface area contributed by atoms with E-state index in [9.17, 15) is 23.1 Å². The molecule has 4 rings (SSSR count). The quantitative estimate of drug-likeness (QED) is 0.684. The number of nitrogens with zero attached hydrogens (tertiary/aromatic N) is 2. The third kappa shape index (κ3) is 3.57. The van der Waals surface area contributed by atoms with E-state index in [2.05, 4.69) is 4.98 Å². The van der Waals surface area contributed by atoms with E-state index in [0.717, 1.165) is 18.2 Å². The van der Waals surface area contributed by atoms with Crippen molar-refractivity contribution in [2.24, 2.45) is 0 Å². The van der Waals surface area contributed by atoms with E-state index in [1.165, 1.54) is 30.9 Å². The maximum absolute atomic E-state index is 14.7. The van der Waals surface area contributed by atoms with Crippen LogP contribution in [0.2, 0.25) is 0 Å².